The molecule has 0 atom stereocenters. The summed E-state index contributed by atoms with van der Waals surface area (Å²) in [7, 11) is 0. The summed E-state index contributed by atoms with van der Waals surface area (Å²) in [6.45, 7) is 3.39. The van der Waals surface area contributed by atoms with E-state index in [0.717, 1.165) is 11.1 Å². The summed E-state index contributed by atoms with van der Waals surface area (Å²) in [6.07, 6.45) is 0. The molecule has 0 saturated heterocycles. The van der Waals surface area contributed by atoms with E-state index in [1.54, 1.807) is 6.92 Å². The van der Waals surface area contributed by atoms with Gasteiger partial charge in [-0.05, 0) is 30.7 Å². The van der Waals surface area contributed by atoms with Gasteiger partial charge >= 0.3 is 0 Å². The fourth-order valence-corrected chi connectivity index (χ4v) is 2.30. The summed E-state index contributed by atoms with van der Waals surface area (Å²) in [4.78, 5) is 9.43. The van der Waals surface area contributed by atoms with Crippen molar-refractivity contribution in [2.75, 3.05) is 0 Å². The van der Waals surface area contributed by atoms with Gasteiger partial charge in [-0.3, -0.25) is 0 Å². The van der Waals surface area contributed by atoms with Crippen LogP contribution in [0.4, 0.5) is 4.39 Å². The van der Waals surface area contributed by atoms with Crippen LogP contribution >= 0.6 is 0 Å². The first-order valence-corrected chi connectivity index (χ1v) is 7.72. The van der Waals surface area contributed by atoms with Crippen molar-refractivity contribution in [2.24, 2.45) is 5.16 Å². The predicted octanol–water partition coefficient (Wildman–Crippen LogP) is 3.54. The summed E-state index contributed by atoms with van der Waals surface area (Å²) >= 11 is 0. The van der Waals surface area contributed by atoms with Crippen LogP contribution in [-0.4, -0.2) is 26.1 Å². The number of rotatable bonds is 5. The lowest BCUT2D eigenvalue weighted by molar-refractivity contribution is 0.130. The highest BCUT2D eigenvalue weighted by Crippen LogP contribution is 2.30. The first kappa shape index (κ1) is 17.4. The van der Waals surface area contributed by atoms with Gasteiger partial charge in [0.25, 0.3) is 0 Å². The van der Waals surface area contributed by atoms with Gasteiger partial charge in [-0.25, -0.2) is 4.39 Å². The lowest BCUT2D eigenvalue weighted by Crippen LogP contribution is -2.01. The Morgan fingerprint density at radius 1 is 1.27 bits per heavy atom. The molecule has 0 aliphatic carbocycles. The highest BCUT2D eigenvalue weighted by atomic mass is 19.1. The van der Waals surface area contributed by atoms with E-state index in [-0.39, 0.29) is 17.9 Å². The molecule has 0 fully saturated rings. The Balaban J connectivity index is 1.71. The number of nitrogens with zero attached hydrogens (tertiary/aromatic N) is 3. The monoisotopic (exact) mass is 357 g/mol. The first-order chi connectivity index (χ1) is 12.5. The summed E-state index contributed by atoms with van der Waals surface area (Å²) < 4.78 is 18.9. The van der Waals surface area contributed by atoms with E-state index in [1.807, 2.05) is 24.3 Å². The Morgan fingerprint density at radius 2 is 2.08 bits per heavy atom. The maximum Gasteiger partial charge on any atom is 0.223 e. The number of aryl methyl sites for hydroxylation is 1. The Bertz CT molecular complexity index is 969. The largest absolute Gasteiger partial charge is 0.504 e. The normalized spacial score (nSPS) is 11.6. The smallest absolute Gasteiger partial charge is 0.223 e. The molecule has 8 heteroatoms. The van der Waals surface area contributed by atoms with E-state index in [2.05, 4.69) is 15.3 Å². The topological polar surface area (TPSA) is 101 Å². The quantitative estimate of drug-likeness (QED) is 0.411. The van der Waals surface area contributed by atoms with Crippen LogP contribution in [0.2, 0.25) is 0 Å². The number of aromatic hydroxyl groups is 2. The van der Waals surface area contributed by atoms with Gasteiger partial charge in [0.15, 0.2) is 17.3 Å². The SMILES string of the molecule is CC(=NOCc1cccc(-c2noc(C)n2)c1)c1ccc(O)c(O)c1F. The summed E-state index contributed by atoms with van der Waals surface area (Å²) in [5, 5.41) is 26.4. The molecule has 3 rings (SSSR count). The van der Waals surface area contributed by atoms with E-state index in [0.29, 0.717) is 11.7 Å². The molecule has 0 radical (unpaired) electrons. The zero-order valence-electron chi connectivity index (χ0n) is 14.1. The predicted molar refractivity (Wildman–Crippen MR) is 91.2 cm³/mol. The molecule has 0 aliphatic heterocycles. The van der Waals surface area contributed by atoms with Crippen LogP contribution in [0.5, 0.6) is 11.5 Å². The number of hydrogen-bond acceptors (Lipinski definition) is 7. The molecule has 0 saturated carbocycles. The molecule has 0 aliphatic rings. The van der Waals surface area contributed by atoms with Crippen molar-refractivity contribution < 1.29 is 24.0 Å². The van der Waals surface area contributed by atoms with Crippen molar-refractivity contribution in [3.05, 3.63) is 59.2 Å². The maximum atomic E-state index is 13.9. The Morgan fingerprint density at radius 3 is 2.81 bits per heavy atom. The third kappa shape index (κ3) is 3.64. The van der Waals surface area contributed by atoms with Crippen molar-refractivity contribution in [1.29, 1.82) is 0 Å². The van der Waals surface area contributed by atoms with E-state index in [9.17, 15) is 14.6 Å². The minimum atomic E-state index is -0.954. The minimum Gasteiger partial charge on any atom is -0.504 e. The Kier molecular flexibility index (Phi) is 4.83. The second-order valence-electron chi connectivity index (χ2n) is 5.58. The van der Waals surface area contributed by atoms with Crippen molar-refractivity contribution in [3.8, 4) is 22.9 Å². The molecule has 7 nitrogen and oxygen atoms in total. The van der Waals surface area contributed by atoms with E-state index in [4.69, 9.17) is 9.36 Å². The number of aromatic nitrogens is 2. The molecule has 0 amide bonds. The molecule has 0 spiro atoms. The Hall–Kier alpha value is -3.42. The highest BCUT2D eigenvalue weighted by Gasteiger charge is 2.14. The van der Waals surface area contributed by atoms with E-state index < -0.39 is 17.3 Å². The van der Waals surface area contributed by atoms with Gasteiger partial charge in [0.05, 0.1) is 5.71 Å². The standard InChI is InChI=1S/C18H16FN3O4/c1-10(14-6-7-15(23)17(24)16(14)19)21-25-9-12-4-3-5-13(8-12)18-20-11(2)26-22-18/h3-8,23-24H,9H2,1-2H3. The second-order valence-corrected chi connectivity index (χ2v) is 5.58. The van der Waals surface area contributed by atoms with Crippen LogP contribution in [0.25, 0.3) is 11.4 Å². The molecule has 2 aromatic carbocycles. The number of phenols is 2. The number of benzene rings is 2. The van der Waals surface area contributed by atoms with E-state index >= 15 is 0 Å². The van der Waals surface area contributed by atoms with Crippen LogP contribution in [0.15, 0.2) is 46.1 Å². The van der Waals surface area contributed by atoms with Crippen LogP contribution in [0, 0.1) is 12.7 Å². The number of oxime groups is 1. The third-order valence-corrected chi connectivity index (χ3v) is 3.63. The molecular weight excluding hydrogens is 341 g/mol. The van der Waals surface area contributed by atoms with Gasteiger partial charge in [0, 0.05) is 18.1 Å². The van der Waals surface area contributed by atoms with Gasteiger partial charge in [-0.1, -0.05) is 28.5 Å². The van der Waals surface area contributed by atoms with Gasteiger partial charge in [0.2, 0.25) is 11.7 Å². The molecular formula is C18H16FN3O4. The fourth-order valence-electron chi connectivity index (χ4n) is 2.30. The Labute approximate surface area is 148 Å². The summed E-state index contributed by atoms with van der Waals surface area (Å²) in [5.41, 5.74) is 1.85. The van der Waals surface area contributed by atoms with Crippen molar-refractivity contribution in [1.82, 2.24) is 10.1 Å². The molecule has 0 bridgehead atoms. The molecule has 2 N–H and O–H groups in total. The molecule has 0 unspecified atom stereocenters. The van der Waals surface area contributed by atoms with Gasteiger partial charge in [-0.15, -0.1) is 0 Å². The van der Waals surface area contributed by atoms with Crippen LogP contribution in [-0.2, 0) is 11.4 Å². The highest BCUT2D eigenvalue weighted by molar-refractivity contribution is 5.99. The van der Waals surface area contributed by atoms with Gasteiger partial charge in [0.1, 0.15) is 6.61 Å². The molecule has 3 aromatic rings. The number of phenolic OH excluding ortho intramolecular Hbond substituents is 2. The average molecular weight is 357 g/mol. The molecule has 26 heavy (non-hydrogen) atoms. The summed E-state index contributed by atoms with van der Waals surface area (Å²) in [6, 6.07) is 9.84. The van der Waals surface area contributed by atoms with Crippen LogP contribution in [0.1, 0.15) is 23.9 Å². The van der Waals surface area contributed by atoms with Gasteiger partial charge < -0.3 is 19.6 Å². The summed E-state index contributed by atoms with van der Waals surface area (Å²) in [5.74, 6) is -1.36. The minimum absolute atomic E-state index is 0.0383. The maximum absolute atomic E-state index is 13.9. The van der Waals surface area contributed by atoms with Crippen molar-refractivity contribution in [3.63, 3.8) is 0 Å². The molecule has 1 aromatic heterocycles. The van der Waals surface area contributed by atoms with Gasteiger partial charge in [-0.2, -0.15) is 4.98 Å². The van der Waals surface area contributed by atoms with Crippen LogP contribution in [0.3, 0.4) is 0 Å². The van der Waals surface area contributed by atoms with E-state index in [1.165, 1.54) is 19.1 Å². The van der Waals surface area contributed by atoms with Crippen molar-refractivity contribution in [2.45, 2.75) is 20.5 Å². The lowest BCUT2D eigenvalue weighted by Gasteiger charge is -2.06. The fraction of sp³-hybridized carbons (Fsp3) is 0.167. The zero-order chi connectivity index (χ0) is 18.7. The number of halogens is 1. The molecule has 134 valence electrons. The molecule has 1 heterocycles. The third-order valence-electron chi connectivity index (χ3n) is 3.63. The van der Waals surface area contributed by atoms with Crippen molar-refractivity contribution >= 4 is 5.71 Å². The average Bonchev–Trinajstić information content (AvgIpc) is 3.06. The zero-order valence-corrected chi connectivity index (χ0v) is 14.1. The lowest BCUT2D eigenvalue weighted by atomic mass is 10.1. The second kappa shape index (κ2) is 7.22. The number of hydrogen-bond donors (Lipinski definition) is 2. The first-order valence-electron chi connectivity index (χ1n) is 7.72. The van der Waals surface area contributed by atoms with Crippen LogP contribution < -0.4 is 0 Å².